The quantitative estimate of drug-likeness (QED) is 0.301. The molecule has 0 aliphatic heterocycles. The molecular weight excluding hydrogens is 476 g/mol. The molecule has 0 atom stereocenters. The minimum Gasteiger partial charge on any atom is -0.396 e. The highest BCUT2D eigenvalue weighted by molar-refractivity contribution is 7.92. The second-order valence-corrected chi connectivity index (χ2v) is 11.0. The van der Waals surface area contributed by atoms with Crippen molar-refractivity contribution in [2.45, 2.75) is 23.6 Å². The smallest absolute Gasteiger partial charge is 0.211 e. The summed E-state index contributed by atoms with van der Waals surface area (Å²) in [6.07, 6.45) is 0. The summed E-state index contributed by atoms with van der Waals surface area (Å²) >= 11 is 6.97. The third-order valence-corrected chi connectivity index (χ3v) is 8.37. The lowest BCUT2D eigenvalue weighted by molar-refractivity contribution is 0.104. The monoisotopic (exact) mass is 496 g/mol. The Balaban J connectivity index is 1.89. The first-order valence-electron chi connectivity index (χ1n) is 10.0. The molecule has 0 saturated carbocycles. The average molecular weight is 497 g/mol. The van der Waals surface area contributed by atoms with E-state index in [-0.39, 0.29) is 26.1 Å². The van der Waals surface area contributed by atoms with Gasteiger partial charge in [-0.2, -0.15) is 0 Å². The summed E-state index contributed by atoms with van der Waals surface area (Å²) in [7, 11) is -3.99. The van der Waals surface area contributed by atoms with Crippen molar-refractivity contribution in [3.63, 3.8) is 0 Å². The number of ketones is 1. The molecule has 0 bridgehead atoms. The van der Waals surface area contributed by atoms with Crippen molar-refractivity contribution >= 4 is 54.9 Å². The Morgan fingerprint density at radius 3 is 2.15 bits per heavy atom. The van der Waals surface area contributed by atoms with Gasteiger partial charge in [0.25, 0.3) is 0 Å². The Labute approximate surface area is 201 Å². The molecule has 8 heteroatoms. The number of thiophene rings is 1. The maximum absolute atomic E-state index is 13.6. The van der Waals surface area contributed by atoms with Gasteiger partial charge in [-0.3, -0.25) is 4.79 Å². The Morgan fingerprint density at radius 2 is 1.55 bits per heavy atom. The van der Waals surface area contributed by atoms with Gasteiger partial charge in [-0.1, -0.05) is 35.9 Å². The molecule has 5 nitrogen and oxygen atoms in total. The fourth-order valence-corrected chi connectivity index (χ4v) is 6.66. The molecule has 1 aromatic heterocycles. The van der Waals surface area contributed by atoms with E-state index in [1.165, 1.54) is 12.1 Å². The van der Waals surface area contributed by atoms with Crippen LogP contribution < -0.4 is 11.1 Å². The van der Waals surface area contributed by atoms with Gasteiger partial charge in [0.05, 0.1) is 10.6 Å². The number of nitrogen functional groups attached to an aromatic ring is 1. The number of carbonyl (C=O) groups is 1. The van der Waals surface area contributed by atoms with Gasteiger partial charge in [0.15, 0.2) is 0 Å². The maximum Gasteiger partial charge on any atom is 0.211 e. The first-order chi connectivity index (χ1) is 15.7. The van der Waals surface area contributed by atoms with Crippen molar-refractivity contribution in [3.05, 3.63) is 99.4 Å². The predicted molar refractivity (Wildman–Crippen MR) is 135 cm³/mol. The third kappa shape index (κ3) is 4.66. The number of benzene rings is 3. The second-order valence-electron chi connectivity index (χ2n) is 7.66. The van der Waals surface area contributed by atoms with Gasteiger partial charge < -0.3 is 11.1 Å². The highest BCUT2D eigenvalue weighted by atomic mass is 35.5. The molecule has 0 aliphatic rings. The van der Waals surface area contributed by atoms with Gasteiger partial charge in [0.1, 0.15) is 14.8 Å². The van der Waals surface area contributed by atoms with E-state index in [4.69, 9.17) is 17.3 Å². The standard InChI is InChI=1S/C25H21ClN2O3S2/c1-15-12-16(2)14-19(13-15)28-25-24(33(30,31)20-6-4-3-5-7-20)21(27)23(32-25)22(29)17-8-10-18(26)11-9-17/h3-14,28H,27H2,1-2H3. The molecule has 3 N–H and O–H groups in total. The molecule has 0 fully saturated rings. The number of halogens is 1. The van der Waals surface area contributed by atoms with Crippen LogP contribution in [0.1, 0.15) is 26.4 Å². The molecule has 4 rings (SSSR count). The Kier molecular flexibility index (Phi) is 6.30. The number of hydrogen-bond donors (Lipinski definition) is 2. The number of hydrogen-bond acceptors (Lipinski definition) is 6. The van der Waals surface area contributed by atoms with Crippen LogP contribution in [0, 0.1) is 13.8 Å². The number of rotatable bonds is 6. The van der Waals surface area contributed by atoms with Crippen LogP contribution in [0.25, 0.3) is 0 Å². The summed E-state index contributed by atoms with van der Waals surface area (Å²) in [4.78, 5) is 13.4. The number of nitrogens with two attached hydrogens (primary N) is 1. The topological polar surface area (TPSA) is 89.3 Å². The second kappa shape index (κ2) is 9.02. The zero-order valence-corrected chi connectivity index (χ0v) is 20.3. The largest absolute Gasteiger partial charge is 0.396 e. The first kappa shape index (κ1) is 23.0. The van der Waals surface area contributed by atoms with Crippen LogP contribution in [0.15, 0.2) is 82.6 Å². The predicted octanol–water partition coefficient (Wildman–Crippen LogP) is 6.41. The summed E-state index contributed by atoms with van der Waals surface area (Å²) in [5, 5.41) is 3.98. The molecule has 0 aliphatic carbocycles. The van der Waals surface area contributed by atoms with Crippen molar-refractivity contribution in [1.29, 1.82) is 0 Å². The molecule has 1 heterocycles. The number of sulfone groups is 1. The molecule has 0 amide bonds. The van der Waals surface area contributed by atoms with Crippen LogP contribution in [-0.2, 0) is 9.84 Å². The van der Waals surface area contributed by atoms with Gasteiger partial charge in [0, 0.05) is 16.3 Å². The lowest BCUT2D eigenvalue weighted by atomic mass is 10.1. The highest BCUT2D eigenvalue weighted by Gasteiger charge is 2.31. The van der Waals surface area contributed by atoms with Crippen molar-refractivity contribution in [1.82, 2.24) is 0 Å². The van der Waals surface area contributed by atoms with Gasteiger partial charge in [-0.25, -0.2) is 8.42 Å². The van der Waals surface area contributed by atoms with Crippen molar-refractivity contribution in [2.24, 2.45) is 0 Å². The third-order valence-electron chi connectivity index (χ3n) is 5.01. The fourth-order valence-electron chi connectivity index (χ4n) is 3.57. The lowest BCUT2D eigenvalue weighted by Crippen LogP contribution is -2.08. The van der Waals surface area contributed by atoms with E-state index in [0.717, 1.165) is 22.5 Å². The van der Waals surface area contributed by atoms with Crippen LogP contribution in [0.4, 0.5) is 16.4 Å². The minimum atomic E-state index is -3.99. The number of aryl methyl sites for hydroxylation is 2. The van der Waals surface area contributed by atoms with Crippen molar-refractivity contribution < 1.29 is 13.2 Å². The van der Waals surface area contributed by atoms with Crippen LogP contribution in [0.5, 0.6) is 0 Å². The van der Waals surface area contributed by atoms with Gasteiger partial charge in [-0.15, -0.1) is 11.3 Å². The van der Waals surface area contributed by atoms with Crippen LogP contribution in [-0.4, -0.2) is 14.2 Å². The SMILES string of the molecule is Cc1cc(C)cc(Nc2sc(C(=O)c3ccc(Cl)cc3)c(N)c2S(=O)(=O)c2ccccc2)c1. The van der Waals surface area contributed by atoms with Crippen LogP contribution >= 0.6 is 22.9 Å². The molecule has 0 radical (unpaired) electrons. The lowest BCUT2D eigenvalue weighted by Gasteiger charge is -2.11. The molecule has 0 unspecified atom stereocenters. The van der Waals surface area contributed by atoms with Gasteiger partial charge >= 0.3 is 0 Å². The molecule has 0 spiro atoms. The Hall–Kier alpha value is -3.13. The van der Waals surface area contributed by atoms with Crippen LogP contribution in [0.3, 0.4) is 0 Å². The maximum atomic E-state index is 13.6. The van der Waals surface area contributed by atoms with E-state index in [0.29, 0.717) is 21.3 Å². The molecule has 33 heavy (non-hydrogen) atoms. The molecule has 3 aromatic carbocycles. The zero-order valence-electron chi connectivity index (χ0n) is 17.9. The number of anilines is 3. The first-order valence-corrected chi connectivity index (χ1v) is 12.7. The highest BCUT2D eigenvalue weighted by Crippen LogP contribution is 2.44. The Morgan fingerprint density at radius 1 is 0.939 bits per heavy atom. The van der Waals surface area contributed by atoms with Gasteiger partial charge in [-0.05, 0) is 73.5 Å². The molecule has 4 aromatic rings. The summed E-state index contributed by atoms with van der Waals surface area (Å²) in [5.74, 6) is -0.368. The van der Waals surface area contributed by atoms with Gasteiger partial charge in [0.2, 0.25) is 15.6 Å². The van der Waals surface area contributed by atoms with E-state index >= 15 is 0 Å². The minimum absolute atomic E-state index is 0.0734. The molecule has 0 saturated heterocycles. The summed E-state index contributed by atoms with van der Waals surface area (Å²) in [6.45, 7) is 3.91. The summed E-state index contributed by atoms with van der Waals surface area (Å²) in [6, 6.07) is 20.3. The Bertz CT molecular complexity index is 1430. The van der Waals surface area contributed by atoms with E-state index in [1.807, 2.05) is 32.0 Å². The van der Waals surface area contributed by atoms with E-state index in [9.17, 15) is 13.2 Å². The van der Waals surface area contributed by atoms with Crippen LogP contribution in [0.2, 0.25) is 5.02 Å². The van der Waals surface area contributed by atoms with E-state index in [1.54, 1.807) is 42.5 Å². The number of carbonyl (C=O) groups excluding carboxylic acids is 1. The molecular formula is C25H21ClN2O3S2. The average Bonchev–Trinajstić information content (AvgIpc) is 3.10. The van der Waals surface area contributed by atoms with E-state index in [2.05, 4.69) is 5.32 Å². The zero-order chi connectivity index (χ0) is 23.8. The van der Waals surface area contributed by atoms with E-state index < -0.39 is 9.84 Å². The summed E-state index contributed by atoms with van der Waals surface area (Å²) in [5.41, 5.74) is 9.40. The van der Waals surface area contributed by atoms with Crippen molar-refractivity contribution in [3.8, 4) is 0 Å². The number of nitrogens with one attached hydrogen (secondary N) is 1. The molecule has 168 valence electrons. The fraction of sp³-hybridized carbons (Fsp3) is 0.0800. The summed E-state index contributed by atoms with van der Waals surface area (Å²) < 4.78 is 27.1. The normalized spacial score (nSPS) is 11.4. The van der Waals surface area contributed by atoms with Crippen molar-refractivity contribution in [2.75, 3.05) is 11.1 Å².